The van der Waals surface area contributed by atoms with E-state index in [4.69, 9.17) is 9.47 Å². The zero-order chi connectivity index (χ0) is 22.1. The van der Waals surface area contributed by atoms with Crippen molar-refractivity contribution in [3.63, 3.8) is 0 Å². The van der Waals surface area contributed by atoms with E-state index in [-0.39, 0.29) is 12.1 Å². The quantitative estimate of drug-likeness (QED) is 0.442. The van der Waals surface area contributed by atoms with Crippen LogP contribution in [-0.2, 0) is 11.3 Å². The molecule has 1 amide bonds. The summed E-state index contributed by atoms with van der Waals surface area (Å²) in [5.74, 6) is 0.722. The second-order valence-electron chi connectivity index (χ2n) is 7.77. The second kappa shape index (κ2) is 8.36. The number of rotatable bonds is 5. The number of nitrogens with one attached hydrogen (secondary N) is 1. The van der Waals surface area contributed by atoms with Crippen molar-refractivity contribution in [2.75, 3.05) is 24.4 Å². The predicted octanol–water partition coefficient (Wildman–Crippen LogP) is 5.77. The molecule has 5 rings (SSSR count). The maximum Gasteiger partial charge on any atom is 0.262 e. The van der Waals surface area contributed by atoms with Crippen LogP contribution < -0.4 is 15.0 Å². The van der Waals surface area contributed by atoms with E-state index in [0.29, 0.717) is 12.2 Å². The Morgan fingerprint density at radius 2 is 1.69 bits per heavy atom. The highest BCUT2D eigenvalue weighted by atomic mass is 16.5. The first-order valence-corrected chi connectivity index (χ1v) is 10.5. The molecule has 1 N–H and O–H groups in total. The molecule has 5 nitrogen and oxygen atoms in total. The number of amides is 1. The molecular formula is C27H24N2O3. The van der Waals surface area contributed by atoms with Gasteiger partial charge >= 0.3 is 0 Å². The van der Waals surface area contributed by atoms with E-state index in [0.717, 1.165) is 39.0 Å². The molecule has 0 saturated heterocycles. The predicted molar refractivity (Wildman–Crippen MR) is 127 cm³/mol. The summed E-state index contributed by atoms with van der Waals surface area (Å²) in [4.78, 5) is 15.7. The van der Waals surface area contributed by atoms with Gasteiger partial charge in [0, 0.05) is 23.7 Å². The average Bonchev–Trinajstić information content (AvgIpc) is 2.84. The number of fused-ring (bicyclic) bond motifs is 2. The Balaban J connectivity index is 1.71. The van der Waals surface area contributed by atoms with Crippen molar-refractivity contribution in [3.8, 4) is 5.75 Å². The van der Waals surface area contributed by atoms with E-state index in [1.54, 1.807) is 14.2 Å². The van der Waals surface area contributed by atoms with Gasteiger partial charge in [0.1, 0.15) is 11.9 Å². The molecule has 0 bridgehead atoms. The Kier molecular flexibility index (Phi) is 5.25. The minimum absolute atomic E-state index is 0.0372. The number of hydrogen-bond acceptors (Lipinski definition) is 4. The smallest absolute Gasteiger partial charge is 0.262 e. The van der Waals surface area contributed by atoms with Crippen LogP contribution in [0.1, 0.15) is 27.7 Å². The highest BCUT2D eigenvalue weighted by Crippen LogP contribution is 2.40. The fraction of sp³-hybridized carbons (Fsp3) is 0.148. The number of methoxy groups -OCH3 is 2. The molecule has 1 aliphatic heterocycles. The van der Waals surface area contributed by atoms with Crippen LogP contribution in [-0.4, -0.2) is 20.1 Å². The van der Waals surface area contributed by atoms with Gasteiger partial charge in [0.15, 0.2) is 0 Å². The first kappa shape index (κ1) is 20.1. The van der Waals surface area contributed by atoms with E-state index >= 15 is 0 Å². The maximum absolute atomic E-state index is 13.8. The number of nitrogens with zero attached hydrogens (tertiary/aromatic N) is 1. The molecule has 5 heteroatoms. The topological polar surface area (TPSA) is 50.8 Å². The Labute approximate surface area is 187 Å². The molecule has 1 atom stereocenters. The summed E-state index contributed by atoms with van der Waals surface area (Å²) in [5.41, 5.74) is 4.22. The van der Waals surface area contributed by atoms with Crippen LogP contribution in [0, 0.1) is 0 Å². The summed E-state index contributed by atoms with van der Waals surface area (Å²) >= 11 is 0. The van der Waals surface area contributed by atoms with Crippen LogP contribution in [0.15, 0.2) is 84.9 Å². The number of benzene rings is 4. The zero-order valence-electron chi connectivity index (χ0n) is 18.0. The normalized spacial score (nSPS) is 15.4. The van der Waals surface area contributed by atoms with Crippen LogP contribution in [0.5, 0.6) is 5.75 Å². The van der Waals surface area contributed by atoms with Crippen molar-refractivity contribution >= 4 is 28.1 Å². The maximum atomic E-state index is 13.8. The van der Waals surface area contributed by atoms with Gasteiger partial charge in [0.2, 0.25) is 0 Å². The third-order valence-electron chi connectivity index (χ3n) is 5.87. The van der Waals surface area contributed by atoms with Crippen molar-refractivity contribution in [2.24, 2.45) is 0 Å². The van der Waals surface area contributed by atoms with Crippen molar-refractivity contribution in [1.29, 1.82) is 0 Å². The van der Waals surface area contributed by atoms with E-state index < -0.39 is 0 Å². The average molecular weight is 425 g/mol. The summed E-state index contributed by atoms with van der Waals surface area (Å²) in [7, 11) is 3.31. The molecule has 1 unspecified atom stereocenters. The number of ether oxygens (including phenoxy) is 2. The summed E-state index contributed by atoms with van der Waals surface area (Å²) in [5, 5.41) is 5.70. The molecule has 0 radical (unpaired) electrons. The first-order chi connectivity index (χ1) is 15.7. The third kappa shape index (κ3) is 3.37. The first-order valence-electron chi connectivity index (χ1n) is 10.5. The van der Waals surface area contributed by atoms with Crippen LogP contribution in [0.4, 0.5) is 11.4 Å². The van der Waals surface area contributed by atoms with Gasteiger partial charge in [-0.15, -0.1) is 0 Å². The number of carbonyl (C=O) groups is 1. The summed E-state index contributed by atoms with van der Waals surface area (Å²) in [6, 6.07) is 27.8. The van der Waals surface area contributed by atoms with E-state index in [9.17, 15) is 4.79 Å². The molecule has 160 valence electrons. The lowest BCUT2D eigenvalue weighted by atomic mass is 9.99. The Bertz CT molecular complexity index is 1300. The van der Waals surface area contributed by atoms with Crippen molar-refractivity contribution < 1.29 is 14.3 Å². The van der Waals surface area contributed by atoms with Gasteiger partial charge in [0.05, 0.1) is 25.0 Å². The van der Waals surface area contributed by atoms with Crippen LogP contribution in [0.3, 0.4) is 0 Å². The van der Waals surface area contributed by atoms with E-state index in [2.05, 4.69) is 23.5 Å². The van der Waals surface area contributed by atoms with Crippen LogP contribution in [0.2, 0.25) is 0 Å². The Morgan fingerprint density at radius 3 is 2.53 bits per heavy atom. The van der Waals surface area contributed by atoms with Gasteiger partial charge in [-0.05, 0) is 41.3 Å². The molecule has 1 heterocycles. The minimum Gasteiger partial charge on any atom is -0.496 e. The Morgan fingerprint density at radius 1 is 0.906 bits per heavy atom. The van der Waals surface area contributed by atoms with Gasteiger partial charge in [-0.2, -0.15) is 0 Å². The highest BCUT2D eigenvalue weighted by molar-refractivity contribution is 6.15. The molecule has 4 aromatic carbocycles. The molecular weight excluding hydrogens is 400 g/mol. The third-order valence-corrected chi connectivity index (χ3v) is 5.87. The molecule has 0 aliphatic carbocycles. The standard InChI is InChI=1S/C27H24N2O3/c1-31-17-20-16-19(14-15-25(20)32-2)26-28-23-12-6-5-11-22(23)27(30)29(26)24-13-7-9-18-8-3-4-10-21(18)24/h3-16,26,28H,17H2,1-2H3. The summed E-state index contributed by atoms with van der Waals surface area (Å²) in [6.45, 7) is 0.419. The van der Waals surface area contributed by atoms with Gasteiger partial charge in [0.25, 0.3) is 5.91 Å². The number of hydrogen-bond donors (Lipinski definition) is 1. The second-order valence-corrected chi connectivity index (χ2v) is 7.77. The molecule has 0 saturated carbocycles. The Hall–Kier alpha value is -3.83. The minimum atomic E-state index is -0.385. The van der Waals surface area contributed by atoms with Crippen molar-refractivity contribution in [3.05, 3.63) is 102 Å². The molecule has 0 spiro atoms. The molecule has 0 aromatic heterocycles. The highest BCUT2D eigenvalue weighted by Gasteiger charge is 2.35. The number of para-hydroxylation sites is 1. The van der Waals surface area contributed by atoms with Gasteiger partial charge in [-0.3, -0.25) is 9.69 Å². The van der Waals surface area contributed by atoms with E-state index in [1.807, 2.05) is 71.6 Å². The molecule has 0 fully saturated rings. The summed E-state index contributed by atoms with van der Waals surface area (Å²) < 4.78 is 10.9. The SMILES string of the molecule is COCc1cc(C2Nc3ccccc3C(=O)N2c2cccc3ccccc23)ccc1OC. The largest absolute Gasteiger partial charge is 0.496 e. The van der Waals surface area contributed by atoms with Crippen LogP contribution >= 0.6 is 0 Å². The van der Waals surface area contributed by atoms with E-state index in [1.165, 1.54) is 0 Å². The van der Waals surface area contributed by atoms with Crippen molar-refractivity contribution in [1.82, 2.24) is 0 Å². The lowest BCUT2D eigenvalue weighted by Gasteiger charge is -2.39. The monoisotopic (exact) mass is 424 g/mol. The van der Waals surface area contributed by atoms with Gasteiger partial charge in [-0.1, -0.05) is 54.6 Å². The summed E-state index contributed by atoms with van der Waals surface area (Å²) in [6.07, 6.45) is -0.385. The van der Waals surface area contributed by atoms with Crippen LogP contribution in [0.25, 0.3) is 10.8 Å². The lowest BCUT2D eigenvalue weighted by molar-refractivity contribution is 0.0975. The fourth-order valence-electron chi connectivity index (χ4n) is 4.39. The van der Waals surface area contributed by atoms with Crippen molar-refractivity contribution in [2.45, 2.75) is 12.8 Å². The van der Waals surface area contributed by atoms with Gasteiger partial charge < -0.3 is 14.8 Å². The van der Waals surface area contributed by atoms with Gasteiger partial charge in [-0.25, -0.2) is 0 Å². The lowest BCUT2D eigenvalue weighted by Crippen LogP contribution is -2.43. The molecule has 4 aromatic rings. The number of anilines is 2. The molecule has 1 aliphatic rings. The fourth-order valence-corrected chi connectivity index (χ4v) is 4.39. The molecule has 32 heavy (non-hydrogen) atoms. The number of carbonyl (C=O) groups excluding carboxylic acids is 1. The zero-order valence-corrected chi connectivity index (χ0v) is 18.0.